The summed E-state index contributed by atoms with van der Waals surface area (Å²) in [4.78, 5) is 15.6. The lowest BCUT2D eigenvalue weighted by atomic mass is 9.94. The van der Waals surface area contributed by atoms with Crippen LogP contribution in [0.4, 0.5) is 0 Å². The number of nitrogens with two attached hydrogens (primary N) is 1. The molecule has 0 saturated heterocycles. The number of rotatable bonds is 4. The molecular formula is C10H16ClN3O2. The molecule has 0 aliphatic rings. The Morgan fingerprint density at radius 1 is 1.69 bits per heavy atom. The van der Waals surface area contributed by atoms with E-state index in [9.17, 15) is 4.79 Å². The van der Waals surface area contributed by atoms with E-state index in [2.05, 4.69) is 10.4 Å². The van der Waals surface area contributed by atoms with Crippen molar-refractivity contribution in [3.05, 3.63) is 30.1 Å². The summed E-state index contributed by atoms with van der Waals surface area (Å²) in [5.41, 5.74) is 2.09. The van der Waals surface area contributed by atoms with E-state index in [-0.39, 0.29) is 12.4 Å². The third-order valence-corrected chi connectivity index (χ3v) is 2.21. The highest BCUT2D eigenvalue weighted by Gasteiger charge is 2.35. The van der Waals surface area contributed by atoms with Gasteiger partial charge in [-0.1, -0.05) is 6.07 Å². The first-order valence-corrected chi connectivity index (χ1v) is 4.70. The van der Waals surface area contributed by atoms with E-state index in [1.807, 2.05) is 0 Å². The summed E-state index contributed by atoms with van der Waals surface area (Å²) in [6.07, 6.45) is 3.21. The molecule has 90 valence electrons. The van der Waals surface area contributed by atoms with E-state index in [1.54, 1.807) is 38.4 Å². The molecule has 0 radical (unpaired) electrons. The van der Waals surface area contributed by atoms with Gasteiger partial charge in [-0.3, -0.25) is 10.8 Å². The van der Waals surface area contributed by atoms with Crippen LogP contribution in [-0.4, -0.2) is 17.6 Å². The minimum Gasteiger partial charge on any atom is -0.464 e. The SMILES string of the molecule is CCOC(=O)C(C)(NN)c1cccnc1.Cl. The van der Waals surface area contributed by atoms with Crippen molar-refractivity contribution in [1.82, 2.24) is 10.4 Å². The predicted octanol–water partition coefficient (Wildman–Crippen LogP) is 0.745. The summed E-state index contributed by atoms with van der Waals surface area (Å²) < 4.78 is 4.94. The van der Waals surface area contributed by atoms with Crippen molar-refractivity contribution in [1.29, 1.82) is 0 Å². The third-order valence-electron chi connectivity index (χ3n) is 2.21. The Morgan fingerprint density at radius 2 is 2.38 bits per heavy atom. The number of ether oxygens (including phenoxy) is 1. The van der Waals surface area contributed by atoms with E-state index in [1.165, 1.54) is 0 Å². The van der Waals surface area contributed by atoms with Crippen LogP contribution in [0.1, 0.15) is 19.4 Å². The third kappa shape index (κ3) is 2.91. The Bertz CT molecular complexity index is 334. The van der Waals surface area contributed by atoms with Crippen LogP contribution in [0, 0.1) is 0 Å². The smallest absolute Gasteiger partial charge is 0.332 e. The van der Waals surface area contributed by atoms with Gasteiger partial charge in [-0.15, -0.1) is 12.4 Å². The zero-order valence-electron chi connectivity index (χ0n) is 9.27. The first-order chi connectivity index (χ1) is 7.15. The van der Waals surface area contributed by atoms with Gasteiger partial charge in [-0.25, -0.2) is 10.2 Å². The average molecular weight is 246 g/mol. The second kappa shape index (κ2) is 6.42. The second-order valence-electron chi connectivity index (χ2n) is 3.23. The Hall–Kier alpha value is -1.17. The summed E-state index contributed by atoms with van der Waals surface area (Å²) in [5, 5.41) is 0. The highest BCUT2D eigenvalue weighted by Crippen LogP contribution is 2.20. The van der Waals surface area contributed by atoms with Crippen molar-refractivity contribution in [3.63, 3.8) is 0 Å². The fourth-order valence-electron chi connectivity index (χ4n) is 1.19. The van der Waals surface area contributed by atoms with Gasteiger partial charge in [0.05, 0.1) is 6.61 Å². The van der Waals surface area contributed by atoms with E-state index in [0.717, 1.165) is 0 Å². The topological polar surface area (TPSA) is 77.2 Å². The Balaban J connectivity index is 0.00000225. The quantitative estimate of drug-likeness (QED) is 0.465. The van der Waals surface area contributed by atoms with Gasteiger partial charge in [-0.05, 0) is 19.9 Å². The van der Waals surface area contributed by atoms with E-state index in [4.69, 9.17) is 10.6 Å². The lowest BCUT2D eigenvalue weighted by Gasteiger charge is -2.26. The van der Waals surface area contributed by atoms with E-state index >= 15 is 0 Å². The molecule has 0 amide bonds. The van der Waals surface area contributed by atoms with Crippen molar-refractivity contribution >= 4 is 18.4 Å². The highest BCUT2D eigenvalue weighted by molar-refractivity contribution is 5.85. The highest BCUT2D eigenvalue weighted by atomic mass is 35.5. The van der Waals surface area contributed by atoms with Crippen molar-refractivity contribution in [2.45, 2.75) is 19.4 Å². The minimum atomic E-state index is -1.05. The molecule has 1 aromatic heterocycles. The molecule has 0 aliphatic carbocycles. The maximum Gasteiger partial charge on any atom is 0.332 e. The number of carbonyl (C=O) groups is 1. The fourth-order valence-corrected chi connectivity index (χ4v) is 1.19. The number of hydrogen-bond donors (Lipinski definition) is 2. The molecule has 0 bridgehead atoms. The van der Waals surface area contributed by atoms with E-state index < -0.39 is 11.5 Å². The summed E-state index contributed by atoms with van der Waals surface area (Å²) in [6.45, 7) is 3.72. The van der Waals surface area contributed by atoms with E-state index in [0.29, 0.717) is 12.2 Å². The molecule has 0 spiro atoms. The predicted molar refractivity (Wildman–Crippen MR) is 62.8 cm³/mol. The molecule has 1 rings (SSSR count). The number of aromatic nitrogens is 1. The molecule has 0 fully saturated rings. The van der Waals surface area contributed by atoms with Crippen molar-refractivity contribution in [3.8, 4) is 0 Å². The molecule has 1 aromatic rings. The molecule has 0 aromatic carbocycles. The molecule has 5 nitrogen and oxygen atoms in total. The van der Waals surface area contributed by atoms with Crippen LogP contribution in [0.25, 0.3) is 0 Å². The molecule has 6 heteroatoms. The zero-order chi connectivity index (χ0) is 11.3. The minimum absolute atomic E-state index is 0. The Labute approximate surface area is 101 Å². The number of pyridine rings is 1. The van der Waals surface area contributed by atoms with Gasteiger partial charge in [0.25, 0.3) is 0 Å². The second-order valence-corrected chi connectivity index (χ2v) is 3.23. The first-order valence-electron chi connectivity index (χ1n) is 4.70. The summed E-state index contributed by atoms with van der Waals surface area (Å²) in [7, 11) is 0. The number of hydrogen-bond acceptors (Lipinski definition) is 5. The van der Waals surface area contributed by atoms with Gasteiger partial charge < -0.3 is 4.74 Å². The molecule has 0 saturated carbocycles. The largest absolute Gasteiger partial charge is 0.464 e. The van der Waals surface area contributed by atoms with Crippen molar-refractivity contribution in [2.75, 3.05) is 6.61 Å². The van der Waals surface area contributed by atoms with Gasteiger partial charge in [0.2, 0.25) is 0 Å². The Kier molecular flexibility index (Phi) is 5.95. The summed E-state index contributed by atoms with van der Waals surface area (Å²) in [6, 6.07) is 3.51. The van der Waals surface area contributed by atoms with Crippen LogP contribution >= 0.6 is 12.4 Å². The molecule has 1 atom stereocenters. The maximum absolute atomic E-state index is 11.7. The number of carbonyl (C=O) groups excluding carboxylic acids is 1. The fraction of sp³-hybridized carbons (Fsp3) is 0.400. The van der Waals surface area contributed by atoms with Gasteiger partial charge >= 0.3 is 5.97 Å². The molecule has 1 heterocycles. The molecule has 16 heavy (non-hydrogen) atoms. The molecular weight excluding hydrogens is 230 g/mol. The lowest BCUT2D eigenvalue weighted by Crippen LogP contribution is -2.51. The van der Waals surface area contributed by atoms with Crippen LogP contribution in [0.2, 0.25) is 0 Å². The van der Waals surface area contributed by atoms with Crippen LogP contribution in [0.15, 0.2) is 24.5 Å². The number of nitrogens with zero attached hydrogens (tertiary/aromatic N) is 1. The summed E-state index contributed by atoms with van der Waals surface area (Å²) in [5.74, 6) is 4.98. The van der Waals surface area contributed by atoms with Crippen LogP contribution in [0.3, 0.4) is 0 Å². The van der Waals surface area contributed by atoms with Crippen molar-refractivity contribution < 1.29 is 9.53 Å². The number of hydrazine groups is 1. The maximum atomic E-state index is 11.7. The zero-order valence-corrected chi connectivity index (χ0v) is 10.1. The average Bonchev–Trinajstić information content (AvgIpc) is 2.29. The molecule has 0 aliphatic heterocycles. The number of halogens is 1. The van der Waals surface area contributed by atoms with Crippen molar-refractivity contribution in [2.24, 2.45) is 5.84 Å². The lowest BCUT2D eigenvalue weighted by molar-refractivity contribution is -0.151. The number of esters is 1. The molecule has 3 N–H and O–H groups in total. The standard InChI is InChI=1S/C10H15N3O2.ClH/c1-3-15-9(14)10(2,13-11)8-5-4-6-12-7-8;/h4-7,13H,3,11H2,1-2H3;1H. The van der Waals surface area contributed by atoms with Gasteiger partial charge in [0, 0.05) is 18.0 Å². The van der Waals surface area contributed by atoms with Gasteiger partial charge in [-0.2, -0.15) is 0 Å². The van der Waals surface area contributed by atoms with Gasteiger partial charge in [0.1, 0.15) is 0 Å². The van der Waals surface area contributed by atoms with Crippen LogP contribution in [-0.2, 0) is 15.1 Å². The number of nitrogens with one attached hydrogen (secondary N) is 1. The summed E-state index contributed by atoms with van der Waals surface area (Å²) >= 11 is 0. The monoisotopic (exact) mass is 245 g/mol. The Morgan fingerprint density at radius 3 is 2.81 bits per heavy atom. The van der Waals surface area contributed by atoms with Gasteiger partial charge in [0.15, 0.2) is 5.54 Å². The van der Waals surface area contributed by atoms with Crippen LogP contribution in [0.5, 0.6) is 0 Å². The van der Waals surface area contributed by atoms with Crippen LogP contribution < -0.4 is 11.3 Å². The molecule has 1 unspecified atom stereocenters. The normalized spacial score (nSPS) is 13.4. The first kappa shape index (κ1) is 14.8.